The topological polar surface area (TPSA) is 41.6 Å². The fraction of sp³-hybridized carbons (Fsp3) is 0.875. The van der Waals surface area contributed by atoms with Gasteiger partial charge in [0.05, 0.1) is 13.2 Å². The highest BCUT2D eigenvalue weighted by Crippen LogP contribution is 1.99. The molecule has 0 bridgehead atoms. The number of carbonyl (C=O) groups excluding carboxylic acids is 1. The van der Waals surface area contributed by atoms with Crippen LogP contribution in [0.3, 0.4) is 0 Å². The van der Waals surface area contributed by atoms with E-state index in [-0.39, 0.29) is 11.9 Å². The van der Waals surface area contributed by atoms with Gasteiger partial charge >= 0.3 is 0 Å². The van der Waals surface area contributed by atoms with Crippen molar-refractivity contribution >= 4 is 5.91 Å². The van der Waals surface area contributed by atoms with E-state index in [1.807, 2.05) is 0 Å². The lowest BCUT2D eigenvalue weighted by Crippen LogP contribution is -2.44. The number of hydrogen-bond donors (Lipinski definition) is 1. The van der Waals surface area contributed by atoms with Crippen LogP contribution in [0.1, 0.15) is 6.42 Å². The maximum atomic E-state index is 11.2. The van der Waals surface area contributed by atoms with Crippen LogP contribution >= 0.6 is 0 Å². The Morgan fingerprint density at radius 2 is 2.42 bits per heavy atom. The zero-order valence-corrected chi connectivity index (χ0v) is 7.67. The third-order valence-corrected chi connectivity index (χ3v) is 1.92. The van der Waals surface area contributed by atoms with Gasteiger partial charge in [-0.05, 0) is 0 Å². The van der Waals surface area contributed by atoms with Crippen LogP contribution in [0, 0.1) is 0 Å². The fourth-order valence-electron chi connectivity index (χ4n) is 1.14. The first-order valence-electron chi connectivity index (χ1n) is 4.21. The van der Waals surface area contributed by atoms with Gasteiger partial charge in [-0.3, -0.25) is 4.79 Å². The molecule has 1 atom stereocenters. The molecule has 1 fully saturated rings. The Balaban J connectivity index is 2.24. The molecule has 1 rings (SSSR count). The average Bonchev–Trinajstić information content (AvgIpc) is 2.06. The normalized spacial score (nSPS) is 23.7. The molecule has 0 spiro atoms. The van der Waals surface area contributed by atoms with E-state index >= 15 is 0 Å². The molecule has 0 aromatic heterocycles. The number of rotatable bonds is 2. The molecule has 1 amide bonds. The molecule has 0 saturated carbocycles. The number of ether oxygens (including phenoxy) is 1. The summed E-state index contributed by atoms with van der Waals surface area (Å²) in [5.41, 5.74) is 0. The van der Waals surface area contributed by atoms with Gasteiger partial charge in [-0.2, -0.15) is 0 Å². The Hall–Kier alpha value is -0.610. The van der Waals surface area contributed by atoms with Crippen molar-refractivity contribution < 1.29 is 9.53 Å². The van der Waals surface area contributed by atoms with Gasteiger partial charge in [0.2, 0.25) is 5.91 Å². The first-order chi connectivity index (χ1) is 5.70. The lowest BCUT2D eigenvalue weighted by atomic mass is 10.2. The van der Waals surface area contributed by atoms with E-state index in [0.29, 0.717) is 13.0 Å². The third kappa shape index (κ3) is 2.79. The first kappa shape index (κ1) is 9.48. The molecule has 4 heteroatoms. The Morgan fingerprint density at radius 3 is 2.92 bits per heavy atom. The minimum absolute atomic E-state index is 0.151. The highest BCUT2D eigenvalue weighted by molar-refractivity contribution is 5.76. The molecule has 1 aliphatic heterocycles. The van der Waals surface area contributed by atoms with E-state index in [4.69, 9.17) is 4.74 Å². The van der Waals surface area contributed by atoms with E-state index < -0.39 is 0 Å². The number of amides is 1. The van der Waals surface area contributed by atoms with Crippen LogP contribution in [-0.4, -0.2) is 50.7 Å². The molecule has 12 heavy (non-hydrogen) atoms. The van der Waals surface area contributed by atoms with Gasteiger partial charge in [0.1, 0.15) is 0 Å². The summed E-state index contributed by atoms with van der Waals surface area (Å²) in [5, 5.41) is 3.23. The number of morpholine rings is 1. The van der Waals surface area contributed by atoms with Crippen molar-refractivity contribution in [1.29, 1.82) is 0 Å². The van der Waals surface area contributed by atoms with Gasteiger partial charge in [0.25, 0.3) is 0 Å². The molecule has 0 aromatic rings. The monoisotopic (exact) mass is 172 g/mol. The third-order valence-electron chi connectivity index (χ3n) is 1.92. The minimum Gasteiger partial charge on any atom is -0.378 e. The van der Waals surface area contributed by atoms with Crippen molar-refractivity contribution in [3.63, 3.8) is 0 Å². The van der Waals surface area contributed by atoms with E-state index in [1.54, 1.807) is 19.0 Å². The maximum Gasteiger partial charge on any atom is 0.223 e. The van der Waals surface area contributed by atoms with Crippen LogP contribution in [0.5, 0.6) is 0 Å². The molecule has 0 aliphatic carbocycles. The largest absolute Gasteiger partial charge is 0.378 e. The minimum atomic E-state index is 0.151. The number of hydrogen-bond acceptors (Lipinski definition) is 3. The summed E-state index contributed by atoms with van der Waals surface area (Å²) in [6.07, 6.45) is 0.535. The molecule has 1 unspecified atom stereocenters. The summed E-state index contributed by atoms with van der Waals surface area (Å²) in [7, 11) is 3.54. The van der Waals surface area contributed by atoms with Crippen molar-refractivity contribution in [2.45, 2.75) is 12.5 Å². The SMILES string of the molecule is CN(C)C(=O)CC1COCCN1. The van der Waals surface area contributed by atoms with Crippen molar-refractivity contribution in [1.82, 2.24) is 10.2 Å². The standard InChI is InChI=1S/C8H16N2O2/c1-10(2)8(11)5-7-6-12-4-3-9-7/h7,9H,3-6H2,1-2H3. The van der Waals surface area contributed by atoms with Gasteiger partial charge in [-0.1, -0.05) is 0 Å². The molecule has 0 aromatic carbocycles. The maximum absolute atomic E-state index is 11.2. The summed E-state index contributed by atoms with van der Waals surface area (Å²) >= 11 is 0. The Morgan fingerprint density at radius 1 is 1.67 bits per heavy atom. The van der Waals surface area contributed by atoms with Crippen molar-refractivity contribution in [3.05, 3.63) is 0 Å². The first-order valence-corrected chi connectivity index (χ1v) is 4.21. The van der Waals surface area contributed by atoms with Crippen molar-refractivity contribution in [3.8, 4) is 0 Å². The van der Waals surface area contributed by atoms with Crippen LogP contribution in [0.15, 0.2) is 0 Å². The van der Waals surface area contributed by atoms with Crippen LogP contribution in [-0.2, 0) is 9.53 Å². The summed E-state index contributed by atoms with van der Waals surface area (Å²) in [4.78, 5) is 12.8. The lowest BCUT2D eigenvalue weighted by Gasteiger charge is -2.24. The summed E-state index contributed by atoms with van der Waals surface area (Å²) < 4.78 is 5.23. The molecular weight excluding hydrogens is 156 g/mol. The second-order valence-electron chi connectivity index (χ2n) is 3.22. The van der Waals surface area contributed by atoms with E-state index in [9.17, 15) is 4.79 Å². The highest BCUT2D eigenvalue weighted by Gasteiger charge is 2.17. The van der Waals surface area contributed by atoms with Crippen LogP contribution in [0.4, 0.5) is 0 Å². The summed E-state index contributed by atoms with van der Waals surface area (Å²) in [6.45, 7) is 2.26. The van der Waals surface area contributed by atoms with Gasteiger partial charge in [-0.25, -0.2) is 0 Å². The molecule has 70 valence electrons. The van der Waals surface area contributed by atoms with E-state index in [2.05, 4.69) is 5.32 Å². The molecular formula is C8H16N2O2. The lowest BCUT2D eigenvalue weighted by molar-refractivity contribution is -0.129. The second-order valence-corrected chi connectivity index (χ2v) is 3.22. The molecule has 0 radical (unpaired) electrons. The van der Waals surface area contributed by atoms with E-state index in [1.165, 1.54) is 0 Å². The quantitative estimate of drug-likeness (QED) is 0.608. The van der Waals surface area contributed by atoms with Gasteiger partial charge in [0.15, 0.2) is 0 Å². The van der Waals surface area contributed by atoms with Gasteiger partial charge in [-0.15, -0.1) is 0 Å². The van der Waals surface area contributed by atoms with Crippen molar-refractivity contribution in [2.24, 2.45) is 0 Å². The Bertz CT molecular complexity index is 153. The molecule has 1 N–H and O–H groups in total. The Labute approximate surface area is 72.9 Å². The zero-order chi connectivity index (χ0) is 8.97. The zero-order valence-electron chi connectivity index (χ0n) is 7.67. The number of nitrogens with one attached hydrogen (secondary N) is 1. The number of nitrogens with zero attached hydrogens (tertiary/aromatic N) is 1. The van der Waals surface area contributed by atoms with Crippen LogP contribution < -0.4 is 5.32 Å². The van der Waals surface area contributed by atoms with Crippen molar-refractivity contribution in [2.75, 3.05) is 33.9 Å². The van der Waals surface area contributed by atoms with E-state index in [0.717, 1.165) is 13.2 Å². The predicted octanol–water partition coefficient (Wildman–Crippen LogP) is -0.547. The average molecular weight is 172 g/mol. The molecule has 1 saturated heterocycles. The summed E-state index contributed by atoms with van der Waals surface area (Å²) in [6, 6.07) is 0.202. The van der Waals surface area contributed by atoms with Gasteiger partial charge < -0.3 is 15.0 Å². The van der Waals surface area contributed by atoms with Gasteiger partial charge in [0, 0.05) is 33.1 Å². The smallest absolute Gasteiger partial charge is 0.223 e. The summed E-state index contributed by atoms with van der Waals surface area (Å²) in [5.74, 6) is 0.151. The molecule has 1 heterocycles. The fourth-order valence-corrected chi connectivity index (χ4v) is 1.14. The van der Waals surface area contributed by atoms with Crippen LogP contribution in [0.2, 0.25) is 0 Å². The second kappa shape index (κ2) is 4.42. The molecule has 4 nitrogen and oxygen atoms in total. The van der Waals surface area contributed by atoms with Crippen LogP contribution in [0.25, 0.3) is 0 Å². The Kier molecular flexibility index (Phi) is 3.49. The molecule has 1 aliphatic rings. The number of carbonyl (C=O) groups is 1. The highest BCUT2D eigenvalue weighted by atomic mass is 16.5. The predicted molar refractivity (Wildman–Crippen MR) is 45.9 cm³/mol.